The van der Waals surface area contributed by atoms with Gasteiger partial charge in [0.15, 0.2) is 9.84 Å². The minimum Gasteiger partial charge on any atom is -0.444 e. The molecule has 2 unspecified atom stereocenters. The van der Waals surface area contributed by atoms with Gasteiger partial charge in [-0.1, -0.05) is 30.3 Å². The first-order valence-corrected chi connectivity index (χ1v) is 15.5. The Bertz CT molecular complexity index is 1480. The van der Waals surface area contributed by atoms with Gasteiger partial charge in [-0.25, -0.2) is 18.2 Å². The summed E-state index contributed by atoms with van der Waals surface area (Å²) in [5, 5.41) is 5.54. The number of sulfone groups is 1. The molecule has 1 heterocycles. The predicted molar refractivity (Wildman–Crippen MR) is 155 cm³/mol. The first-order valence-electron chi connectivity index (χ1n) is 13.6. The van der Waals surface area contributed by atoms with Crippen molar-refractivity contribution in [3.05, 3.63) is 65.2 Å². The van der Waals surface area contributed by atoms with E-state index in [2.05, 4.69) is 10.6 Å². The highest BCUT2D eigenvalue weighted by atomic mass is 32.2. The fourth-order valence-corrected chi connectivity index (χ4v) is 5.55. The summed E-state index contributed by atoms with van der Waals surface area (Å²) >= 11 is 0. The van der Waals surface area contributed by atoms with Crippen molar-refractivity contribution in [2.45, 2.75) is 82.5 Å². The lowest BCUT2D eigenvalue weighted by molar-refractivity contribution is -0.130. The third kappa shape index (κ3) is 7.72. The van der Waals surface area contributed by atoms with E-state index in [1.807, 2.05) is 44.2 Å². The van der Waals surface area contributed by atoms with E-state index in [-0.39, 0.29) is 47.3 Å². The molecule has 0 aromatic heterocycles. The number of amides is 3. The maximum absolute atomic E-state index is 13.5. The van der Waals surface area contributed by atoms with Gasteiger partial charge in [-0.2, -0.15) is 0 Å². The van der Waals surface area contributed by atoms with Gasteiger partial charge in [-0.15, -0.1) is 0 Å². The number of aliphatic imine (C=N–C) groups is 1. The summed E-state index contributed by atoms with van der Waals surface area (Å²) in [5.41, 5.74) is -0.00155. The molecule has 1 saturated carbocycles. The van der Waals surface area contributed by atoms with Crippen LogP contribution in [0.1, 0.15) is 81.4 Å². The number of benzene rings is 2. The van der Waals surface area contributed by atoms with Gasteiger partial charge in [0.2, 0.25) is 11.9 Å². The van der Waals surface area contributed by atoms with Crippen molar-refractivity contribution in [1.29, 1.82) is 0 Å². The van der Waals surface area contributed by atoms with Crippen molar-refractivity contribution in [2.24, 2.45) is 10.9 Å². The summed E-state index contributed by atoms with van der Waals surface area (Å²) in [5.74, 6) is -0.452. The van der Waals surface area contributed by atoms with Crippen LogP contribution in [0.4, 0.5) is 4.79 Å². The molecule has 10 nitrogen and oxygen atoms in total. The largest absolute Gasteiger partial charge is 0.444 e. The van der Waals surface area contributed by atoms with Crippen molar-refractivity contribution < 1.29 is 27.5 Å². The first kappa shape index (κ1) is 30.2. The highest BCUT2D eigenvalue weighted by molar-refractivity contribution is 7.90. The zero-order valence-electron chi connectivity index (χ0n) is 24.4. The second kappa shape index (κ2) is 11.3. The number of alkyl carbamates (subject to hydrolysis) is 1. The lowest BCUT2D eigenvalue weighted by Gasteiger charge is -2.37. The Kier molecular flexibility index (Phi) is 8.31. The van der Waals surface area contributed by atoms with Crippen molar-refractivity contribution in [3.63, 3.8) is 0 Å². The molecule has 0 saturated heterocycles. The number of hydrogen-bond donors (Lipinski definition) is 2. The number of nitrogens with one attached hydrogen (secondary N) is 2. The summed E-state index contributed by atoms with van der Waals surface area (Å²) < 4.78 is 30.5. The standard InChI is InChI=1S/C30H38N4O6S/c1-19(21-10-8-7-9-11-21)31-26(36)22-14-20(15-24(16-22)41(6,38)39)18-34-25(35)17-30(5,23-12-13-23)33-27(34)32-28(37)40-29(2,3)4/h7-11,14-16,19,23H,12-13,17-18H2,1-6H3,(H,31,36)(H,32,33,37). The summed E-state index contributed by atoms with van der Waals surface area (Å²) in [4.78, 5) is 45.5. The molecule has 220 valence electrons. The normalized spacial score (nSPS) is 20.2. The Morgan fingerprint density at radius 3 is 2.39 bits per heavy atom. The number of ether oxygens (including phenoxy) is 1. The summed E-state index contributed by atoms with van der Waals surface area (Å²) in [6, 6.07) is 13.4. The van der Waals surface area contributed by atoms with E-state index in [1.165, 1.54) is 17.0 Å². The zero-order valence-corrected chi connectivity index (χ0v) is 25.2. The van der Waals surface area contributed by atoms with Gasteiger partial charge >= 0.3 is 6.09 Å². The monoisotopic (exact) mass is 582 g/mol. The average Bonchev–Trinajstić information content (AvgIpc) is 3.71. The summed E-state index contributed by atoms with van der Waals surface area (Å²) in [6.45, 7) is 8.82. The molecule has 2 atom stereocenters. The van der Waals surface area contributed by atoms with Crippen LogP contribution < -0.4 is 10.6 Å². The average molecular weight is 583 g/mol. The maximum atomic E-state index is 13.5. The van der Waals surface area contributed by atoms with Crippen LogP contribution in [0.25, 0.3) is 0 Å². The fraction of sp³-hybridized carbons (Fsp3) is 0.467. The first-order chi connectivity index (χ1) is 19.0. The second-order valence-corrected chi connectivity index (χ2v) is 14.1. The van der Waals surface area contributed by atoms with Gasteiger partial charge < -0.3 is 10.1 Å². The topological polar surface area (TPSA) is 134 Å². The van der Waals surface area contributed by atoms with Crippen molar-refractivity contribution in [3.8, 4) is 0 Å². The van der Waals surface area contributed by atoms with Gasteiger partial charge in [0.25, 0.3) is 5.91 Å². The molecule has 2 aliphatic rings. The Balaban J connectivity index is 1.66. The van der Waals surface area contributed by atoms with E-state index in [0.29, 0.717) is 5.56 Å². The van der Waals surface area contributed by atoms with Crippen molar-refractivity contribution >= 4 is 33.7 Å². The molecule has 0 bridgehead atoms. The molecular weight excluding hydrogens is 544 g/mol. The minimum absolute atomic E-state index is 0.0401. The van der Waals surface area contributed by atoms with Crippen molar-refractivity contribution in [1.82, 2.24) is 15.5 Å². The van der Waals surface area contributed by atoms with E-state index < -0.39 is 33.0 Å². The second-order valence-electron chi connectivity index (χ2n) is 12.1. The molecule has 2 N–H and O–H groups in total. The molecule has 0 radical (unpaired) electrons. The molecule has 41 heavy (non-hydrogen) atoms. The highest BCUT2D eigenvalue weighted by Crippen LogP contribution is 2.45. The van der Waals surface area contributed by atoms with Crippen LogP contribution in [0.5, 0.6) is 0 Å². The number of hydrogen-bond acceptors (Lipinski definition) is 7. The summed E-state index contributed by atoms with van der Waals surface area (Å²) in [7, 11) is -3.69. The molecule has 0 spiro atoms. The molecule has 2 aromatic rings. The maximum Gasteiger partial charge on any atom is 0.414 e. The minimum atomic E-state index is -3.69. The lowest BCUT2D eigenvalue weighted by Crippen LogP contribution is -2.54. The molecule has 11 heteroatoms. The number of rotatable bonds is 7. The molecule has 1 aliphatic carbocycles. The Hall–Kier alpha value is -3.73. The fourth-order valence-electron chi connectivity index (χ4n) is 4.84. The van der Waals surface area contributed by atoms with Crippen LogP contribution in [0.3, 0.4) is 0 Å². The third-order valence-corrected chi connectivity index (χ3v) is 8.23. The molecule has 1 fully saturated rings. The Morgan fingerprint density at radius 2 is 1.80 bits per heavy atom. The number of guanidine groups is 1. The van der Waals surface area contributed by atoms with Crippen LogP contribution in [0.2, 0.25) is 0 Å². The third-order valence-electron chi connectivity index (χ3n) is 7.14. The molecule has 2 aromatic carbocycles. The van der Waals surface area contributed by atoms with E-state index in [4.69, 9.17) is 9.73 Å². The van der Waals surface area contributed by atoms with E-state index in [9.17, 15) is 22.8 Å². The van der Waals surface area contributed by atoms with Gasteiger partial charge in [-0.3, -0.25) is 19.8 Å². The van der Waals surface area contributed by atoms with E-state index in [0.717, 1.165) is 24.7 Å². The van der Waals surface area contributed by atoms with Crippen LogP contribution in [0.15, 0.2) is 58.4 Å². The van der Waals surface area contributed by atoms with Crippen LogP contribution in [-0.4, -0.2) is 54.6 Å². The predicted octanol–water partition coefficient (Wildman–Crippen LogP) is 4.36. The van der Waals surface area contributed by atoms with Crippen LogP contribution >= 0.6 is 0 Å². The van der Waals surface area contributed by atoms with Crippen molar-refractivity contribution in [2.75, 3.05) is 6.26 Å². The number of nitrogens with zero attached hydrogens (tertiary/aromatic N) is 2. The zero-order chi connectivity index (χ0) is 30.2. The number of carbonyl (C=O) groups is 3. The quantitative estimate of drug-likeness (QED) is 0.498. The van der Waals surface area contributed by atoms with Gasteiger partial charge in [-0.05, 0) is 82.7 Å². The van der Waals surface area contributed by atoms with E-state index >= 15 is 0 Å². The molecule has 4 rings (SSSR count). The van der Waals surface area contributed by atoms with Gasteiger partial charge in [0.1, 0.15) is 5.60 Å². The molecular formula is C30H38N4O6S. The van der Waals surface area contributed by atoms with E-state index in [1.54, 1.807) is 26.8 Å². The summed E-state index contributed by atoms with van der Waals surface area (Å²) in [6.07, 6.45) is 2.34. The van der Waals surface area contributed by atoms with Crippen LogP contribution in [0, 0.1) is 5.92 Å². The Morgan fingerprint density at radius 1 is 1.15 bits per heavy atom. The Labute approximate surface area is 241 Å². The smallest absolute Gasteiger partial charge is 0.414 e. The lowest BCUT2D eigenvalue weighted by atomic mass is 9.90. The number of carbonyl (C=O) groups excluding carboxylic acids is 3. The highest BCUT2D eigenvalue weighted by Gasteiger charge is 2.47. The SMILES string of the molecule is CC(NC(=O)c1cc(CN2C(=O)CC(C)(C3CC3)N=C2NC(=O)OC(C)(C)C)cc(S(C)(=O)=O)c1)c1ccccc1. The van der Waals surface area contributed by atoms with Gasteiger partial charge in [0.05, 0.1) is 29.4 Å². The molecule has 1 aliphatic heterocycles. The van der Waals surface area contributed by atoms with Gasteiger partial charge in [0, 0.05) is 11.8 Å². The molecule has 3 amide bonds. The van der Waals surface area contributed by atoms with Crippen LogP contribution in [-0.2, 0) is 25.9 Å².